The minimum absolute atomic E-state index is 0.169. The summed E-state index contributed by atoms with van der Waals surface area (Å²) in [5, 5.41) is 19.7. The van der Waals surface area contributed by atoms with Crippen LogP contribution in [0.1, 0.15) is 11.7 Å². The van der Waals surface area contributed by atoms with Gasteiger partial charge in [0.15, 0.2) is 0 Å². The lowest BCUT2D eigenvalue weighted by Gasteiger charge is -2.05. The molecule has 1 aromatic carbocycles. The number of nitrogens with one attached hydrogen (secondary N) is 1. The van der Waals surface area contributed by atoms with Crippen LogP contribution in [0.3, 0.4) is 0 Å². The zero-order chi connectivity index (χ0) is 10.1. The molecule has 0 saturated carbocycles. The largest absolute Gasteiger partial charge is 0.508 e. The van der Waals surface area contributed by atoms with Crippen molar-refractivity contribution in [2.24, 2.45) is 5.73 Å². The van der Waals surface area contributed by atoms with Crippen molar-refractivity contribution < 1.29 is 10.2 Å². The van der Waals surface area contributed by atoms with Gasteiger partial charge in [0.05, 0.1) is 6.10 Å². The fourth-order valence-corrected chi connectivity index (χ4v) is 1.53. The molecule has 5 N–H and O–H groups in total. The van der Waals surface area contributed by atoms with Gasteiger partial charge in [0.2, 0.25) is 0 Å². The third kappa shape index (κ3) is 1.34. The van der Waals surface area contributed by atoms with Crippen LogP contribution < -0.4 is 5.73 Å². The summed E-state index contributed by atoms with van der Waals surface area (Å²) in [7, 11) is 0. The van der Waals surface area contributed by atoms with Crippen LogP contribution in [0, 0.1) is 0 Å². The maximum Gasteiger partial charge on any atom is 0.116 e. The predicted octanol–water partition coefficient (Wildman–Crippen LogP) is 0.866. The monoisotopic (exact) mass is 192 g/mol. The Morgan fingerprint density at radius 3 is 2.93 bits per heavy atom. The topological polar surface area (TPSA) is 82.3 Å². The number of phenolic OH excluding ortho intramolecular Hbond substituents is 1. The van der Waals surface area contributed by atoms with Gasteiger partial charge in [-0.2, -0.15) is 0 Å². The average molecular weight is 192 g/mol. The zero-order valence-corrected chi connectivity index (χ0v) is 7.57. The highest BCUT2D eigenvalue weighted by molar-refractivity contribution is 5.84. The summed E-state index contributed by atoms with van der Waals surface area (Å²) in [6.45, 7) is 0.169. The molecular formula is C10H12N2O2. The first kappa shape index (κ1) is 9.05. The molecule has 14 heavy (non-hydrogen) atoms. The first-order chi connectivity index (χ1) is 6.72. The second-order valence-electron chi connectivity index (χ2n) is 3.23. The van der Waals surface area contributed by atoms with Crippen molar-refractivity contribution in [2.75, 3.05) is 6.54 Å². The lowest BCUT2D eigenvalue weighted by atomic mass is 10.1. The van der Waals surface area contributed by atoms with Crippen LogP contribution in [0.4, 0.5) is 0 Å². The number of H-pyrrole nitrogens is 1. The highest BCUT2D eigenvalue weighted by Crippen LogP contribution is 2.26. The van der Waals surface area contributed by atoms with E-state index in [1.54, 1.807) is 24.4 Å². The second kappa shape index (κ2) is 3.32. The molecule has 0 aliphatic rings. The van der Waals surface area contributed by atoms with E-state index in [0.717, 1.165) is 16.5 Å². The van der Waals surface area contributed by atoms with Gasteiger partial charge >= 0.3 is 0 Å². The molecule has 0 radical (unpaired) electrons. The SMILES string of the molecule is NCC(O)c1c[nH]c2ccc(O)cc12. The van der Waals surface area contributed by atoms with Crippen molar-refractivity contribution >= 4 is 10.9 Å². The van der Waals surface area contributed by atoms with Gasteiger partial charge < -0.3 is 20.9 Å². The standard InChI is InChI=1S/C10H12N2O2/c11-4-10(14)8-5-12-9-2-1-6(13)3-7(8)9/h1-3,5,10,12-14H,4,11H2. The van der Waals surface area contributed by atoms with Gasteiger partial charge in [-0.25, -0.2) is 0 Å². The molecule has 1 atom stereocenters. The molecule has 74 valence electrons. The number of benzene rings is 1. The summed E-state index contributed by atoms with van der Waals surface area (Å²) in [6.07, 6.45) is 1.02. The number of hydrogen-bond acceptors (Lipinski definition) is 3. The van der Waals surface area contributed by atoms with E-state index in [1.807, 2.05) is 0 Å². The second-order valence-corrected chi connectivity index (χ2v) is 3.23. The van der Waals surface area contributed by atoms with Crippen molar-refractivity contribution in [3.05, 3.63) is 30.0 Å². The van der Waals surface area contributed by atoms with Crippen LogP contribution in [-0.4, -0.2) is 21.7 Å². The lowest BCUT2D eigenvalue weighted by Crippen LogP contribution is -2.10. The predicted molar refractivity (Wildman–Crippen MR) is 54.0 cm³/mol. The number of phenols is 1. The van der Waals surface area contributed by atoms with Crippen LogP contribution >= 0.6 is 0 Å². The Morgan fingerprint density at radius 2 is 2.21 bits per heavy atom. The van der Waals surface area contributed by atoms with E-state index in [4.69, 9.17) is 5.73 Å². The molecule has 4 heteroatoms. The van der Waals surface area contributed by atoms with Crippen LogP contribution in [0.2, 0.25) is 0 Å². The number of fused-ring (bicyclic) bond motifs is 1. The number of aliphatic hydroxyl groups excluding tert-OH is 1. The summed E-state index contributed by atoms with van der Waals surface area (Å²) < 4.78 is 0. The number of hydrogen-bond donors (Lipinski definition) is 4. The van der Waals surface area contributed by atoms with Crippen molar-refractivity contribution in [3.63, 3.8) is 0 Å². The van der Waals surface area contributed by atoms with E-state index in [9.17, 15) is 10.2 Å². The Bertz CT molecular complexity index is 450. The van der Waals surface area contributed by atoms with Crippen LogP contribution in [0.25, 0.3) is 10.9 Å². The lowest BCUT2D eigenvalue weighted by molar-refractivity contribution is 0.188. The average Bonchev–Trinajstić information content (AvgIpc) is 2.59. The fourth-order valence-electron chi connectivity index (χ4n) is 1.53. The van der Waals surface area contributed by atoms with Gasteiger partial charge in [-0.15, -0.1) is 0 Å². The van der Waals surface area contributed by atoms with Crippen LogP contribution in [-0.2, 0) is 0 Å². The fraction of sp³-hybridized carbons (Fsp3) is 0.200. The normalized spacial score (nSPS) is 13.3. The third-order valence-corrected chi connectivity index (χ3v) is 2.28. The van der Waals surface area contributed by atoms with Gasteiger partial charge in [-0.1, -0.05) is 0 Å². The van der Waals surface area contributed by atoms with Crippen LogP contribution in [0.15, 0.2) is 24.4 Å². The molecule has 4 nitrogen and oxygen atoms in total. The van der Waals surface area contributed by atoms with Gasteiger partial charge in [-0.3, -0.25) is 0 Å². The molecule has 1 unspecified atom stereocenters. The molecular weight excluding hydrogens is 180 g/mol. The molecule has 2 aromatic rings. The van der Waals surface area contributed by atoms with Crippen molar-refractivity contribution in [3.8, 4) is 5.75 Å². The molecule has 0 fully saturated rings. The van der Waals surface area contributed by atoms with E-state index in [1.165, 1.54) is 0 Å². The molecule has 0 amide bonds. The Kier molecular flexibility index (Phi) is 2.15. The van der Waals surface area contributed by atoms with E-state index >= 15 is 0 Å². The molecule has 1 aromatic heterocycles. The Balaban J connectivity index is 2.61. The van der Waals surface area contributed by atoms with E-state index < -0.39 is 6.10 Å². The maximum atomic E-state index is 9.58. The van der Waals surface area contributed by atoms with Crippen molar-refractivity contribution in [1.82, 2.24) is 4.98 Å². The van der Waals surface area contributed by atoms with Gasteiger partial charge in [0, 0.05) is 29.2 Å². The molecule has 2 rings (SSSR count). The molecule has 0 saturated heterocycles. The summed E-state index contributed by atoms with van der Waals surface area (Å²) in [4.78, 5) is 3.00. The molecule has 0 aliphatic carbocycles. The molecule has 0 aliphatic heterocycles. The first-order valence-corrected chi connectivity index (χ1v) is 4.40. The highest BCUT2D eigenvalue weighted by atomic mass is 16.3. The number of rotatable bonds is 2. The first-order valence-electron chi connectivity index (χ1n) is 4.40. The molecule has 1 heterocycles. The highest BCUT2D eigenvalue weighted by Gasteiger charge is 2.11. The number of aromatic amines is 1. The van der Waals surface area contributed by atoms with Crippen LogP contribution in [0.5, 0.6) is 5.75 Å². The minimum atomic E-state index is -0.689. The Morgan fingerprint density at radius 1 is 1.43 bits per heavy atom. The number of nitrogens with two attached hydrogens (primary N) is 1. The molecule has 0 bridgehead atoms. The maximum absolute atomic E-state index is 9.58. The van der Waals surface area contributed by atoms with Gasteiger partial charge in [0.1, 0.15) is 5.75 Å². The summed E-state index contributed by atoms with van der Waals surface area (Å²) in [6, 6.07) is 4.97. The summed E-state index contributed by atoms with van der Waals surface area (Å²) in [5.74, 6) is 0.183. The van der Waals surface area contributed by atoms with E-state index in [-0.39, 0.29) is 12.3 Å². The summed E-state index contributed by atoms with van der Waals surface area (Å²) >= 11 is 0. The minimum Gasteiger partial charge on any atom is -0.508 e. The zero-order valence-electron chi connectivity index (χ0n) is 7.57. The van der Waals surface area contributed by atoms with Crippen molar-refractivity contribution in [2.45, 2.75) is 6.10 Å². The van der Waals surface area contributed by atoms with E-state index in [2.05, 4.69) is 4.98 Å². The smallest absolute Gasteiger partial charge is 0.116 e. The van der Waals surface area contributed by atoms with Crippen molar-refractivity contribution in [1.29, 1.82) is 0 Å². The van der Waals surface area contributed by atoms with Gasteiger partial charge in [-0.05, 0) is 18.2 Å². The number of aliphatic hydroxyl groups is 1. The third-order valence-electron chi connectivity index (χ3n) is 2.28. The quantitative estimate of drug-likeness (QED) is 0.569. The number of aromatic hydroxyl groups is 1. The molecule has 0 spiro atoms. The Labute approximate surface area is 81.0 Å². The summed E-state index contributed by atoms with van der Waals surface area (Å²) in [5.41, 5.74) is 6.97. The van der Waals surface area contributed by atoms with E-state index in [0.29, 0.717) is 0 Å². The number of aromatic nitrogens is 1. The Hall–Kier alpha value is -1.52. The van der Waals surface area contributed by atoms with Gasteiger partial charge in [0.25, 0.3) is 0 Å².